The highest BCUT2D eigenvalue weighted by Crippen LogP contribution is 2.10. The molecule has 106 valence electrons. The zero-order valence-electron chi connectivity index (χ0n) is 11.0. The monoisotopic (exact) mass is 276 g/mol. The first-order chi connectivity index (χ1) is 9.65. The summed E-state index contributed by atoms with van der Waals surface area (Å²) >= 11 is 0. The minimum atomic E-state index is -0.460. The Morgan fingerprint density at radius 3 is 2.60 bits per heavy atom. The molecule has 20 heavy (non-hydrogen) atoms. The lowest BCUT2D eigenvalue weighted by Crippen LogP contribution is -2.33. The molecule has 1 aliphatic heterocycles. The van der Waals surface area contributed by atoms with Crippen LogP contribution in [0, 0.1) is 10.1 Å². The third-order valence-corrected chi connectivity index (χ3v) is 3.07. The molecule has 0 bridgehead atoms. The minimum Gasteiger partial charge on any atom is -0.294 e. The molecule has 0 spiro atoms. The molecule has 1 fully saturated rings. The Balaban J connectivity index is 1.80. The van der Waals surface area contributed by atoms with Crippen molar-refractivity contribution in [1.29, 1.82) is 0 Å². The Morgan fingerprint density at radius 2 is 2.00 bits per heavy atom. The van der Waals surface area contributed by atoms with Crippen LogP contribution in [0.5, 0.6) is 0 Å². The van der Waals surface area contributed by atoms with Crippen molar-refractivity contribution in [2.45, 2.75) is 12.8 Å². The zero-order chi connectivity index (χ0) is 14.4. The Kier molecular flexibility index (Phi) is 4.78. The number of non-ortho nitro benzene ring substituents is 1. The van der Waals surface area contributed by atoms with Crippen LogP contribution in [0.2, 0.25) is 0 Å². The van der Waals surface area contributed by atoms with Crippen molar-refractivity contribution in [3.63, 3.8) is 0 Å². The Bertz CT molecular complexity index is 507. The summed E-state index contributed by atoms with van der Waals surface area (Å²) in [6, 6.07) is 5.95. The molecule has 1 amide bonds. The van der Waals surface area contributed by atoms with E-state index in [9.17, 15) is 14.9 Å². The van der Waals surface area contributed by atoms with Gasteiger partial charge >= 0.3 is 0 Å². The smallest absolute Gasteiger partial charge is 0.269 e. The number of nitro groups is 1. The van der Waals surface area contributed by atoms with Crippen LogP contribution in [0.25, 0.3) is 0 Å². The first kappa shape index (κ1) is 14.1. The van der Waals surface area contributed by atoms with Crippen molar-refractivity contribution >= 4 is 17.8 Å². The molecule has 0 atom stereocenters. The lowest BCUT2D eigenvalue weighted by molar-refractivity contribution is -0.384. The number of likely N-dealkylation sites (tertiary alicyclic amines) is 1. The second-order valence-corrected chi connectivity index (χ2v) is 4.63. The maximum Gasteiger partial charge on any atom is 0.269 e. The fourth-order valence-electron chi connectivity index (χ4n) is 2.04. The van der Waals surface area contributed by atoms with E-state index in [0.29, 0.717) is 12.1 Å². The normalized spacial score (nSPS) is 15.6. The summed E-state index contributed by atoms with van der Waals surface area (Å²) in [4.78, 5) is 23.7. The number of nitro benzene ring substituents is 1. The maximum atomic E-state index is 11.6. The van der Waals surface area contributed by atoms with Gasteiger partial charge in [-0.05, 0) is 43.6 Å². The lowest BCUT2D eigenvalue weighted by Gasteiger charge is -2.12. The van der Waals surface area contributed by atoms with E-state index in [1.165, 1.54) is 18.3 Å². The molecule has 1 aromatic rings. The Labute approximate surface area is 116 Å². The number of hydrogen-bond donors (Lipinski definition) is 1. The van der Waals surface area contributed by atoms with Crippen LogP contribution in [0.3, 0.4) is 0 Å². The second kappa shape index (κ2) is 6.76. The van der Waals surface area contributed by atoms with Crippen LogP contribution in [-0.4, -0.2) is 41.6 Å². The molecule has 7 heteroatoms. The van der Waals surface area contributed by atoms with Crippen molar-refractivity contribution in [2.75, 3.05) is 19.6 Å². The molecule has 0 aromatic heterocycles. The summed E-state index contributed by atoms with van der Waals surface area (Å²) in [6.07, 6.45) is 3.74. The highest BCUT2D eigenvalue weighted by molar-refractivity contribution is 5.83. The van der Waals surface area contributed by atoms with Gasteiger partial charge in [-0.15, -0.1) is 0 Å². The number of carbonyl (C=O) groups excluding carboxylic acids is 1. The standard InChI is InChI=1S/C13H16N4O3/c18-13(10-16-7-1-2-8-16)15-14-9-11-3-5-12(6-4-11)17(19)20/h3-6,9H,1-2,7-8,10H2,(H,15,18)/b14-9-. The molecular weight excluding hydrogens is 260 g/mol. The first-order valence-electron chi connectivity index (χ1n) is 6.44. The number of hydrogen-bond acceptors (Lipinski definition) is 5. The average molecular weight is 276 g/mol. The van der Waals surface area contributed by atoms with E-state index in [-0.39, 0.29) is 11.6 Å². The van der Waals surface area contributed by atoms with Gasteiger partial charge in [-0.1, -0.05) is 0 Å². The third kappa shape index (κ3) is 4.13. The van der Waals surface area contributed by atoms with Gasteiger partial charge in [0.05, 0.1) is 17.7 Å². The van der Waals surface area contributed by atoms with Crippen LogP contribution in [0.15, 0.2) is 29.4 Å². The van der Waals surface area contributed by atoms with Crippen molar-refractivity contribution < 1.29 is 9.72 Å². The van der Waals surface area contributed by atoms with E-state index >= 15 is 0 Å². The van der Waals surface area contributed by atoms with Gasteiger partial charge in [0.15, 0.2) is 0 Å². The molecule has 0 saturated carbocycles. The Morgan fingerprint density at radius 1 is 1.35 bits per heavy atom. The van der Waals surface area contributed by atoms with Crippen LogP contribution in [0.1, 0.15) is 18.4 Å². The van der Waals surface area contributed by atoms with Crippen LogP contribution < -0.4 is 5.43 Å². The summed E-state index contributed by atoms with van der Waals surface area (Å²) < 4.78 is 0. The molecule has 1 N–H and O–H groups in total. The van der Waals surface area contributed by atoms with Gasteiger partial charge in [-0.2, -0.15) is 5.10 Å². The number of benzene rings is 1. The van der Waals surface area contributed by atoms with Crippen molar-refractivity contribution in [1.82, 2.24) is 10.3 Å². The predicted molar refractivity (Wildman–Crippen MR) is 74.5 cm³/mol. The van der Waals surface area contributed by atoms with Gasteiger partial charge < -0.3 is 0 Å². The lowest BCUT2D eigenvalue weighted by atomic mass is 10.2. The summed E-state index contributed by atoms with van der Waals surface area (Å²) in [6.45, 7) is 2.27. The Hall–Kier alpha value is -2.28. The van der Waals surface area contributed by atoms with Gasteiger partial charge in [-0.25, -0.2) is 5.43 Å². The highest BCUT2D eigenvalue weighted by Gasteiger charge is 2.14. The molecule has 7 nitrogen and oxygen atoms in total. The van der Waals surface area contributed by atoms with E-state index < -0.39 is 4.92 Å². The molecule has 0 unspecified atom stereocenters. The number of carbonyl (C=O) groups is 1. The van der Waals surface area contributed by atoms with Gasteiger partial charge in [0, 0.05) is 12.1 Å². The molecule has 2 rings (SSSR count). The molecule has 1 aliphatic rings. The largest absolute Gasteiger partial charge is 0.294 e. The summed E-state index contributed by atoms with van der Waals surface area (Å²) in [5.74, 6) is -0.148. The first-order valence-corrected chi connectivity index (χ1v) is 6.44. The maximum absolute atomic E-state index is 11.6. The van der Waals surface area contributed by atoms with E-state index in [1.807, 2.05) is 0 Å². The van der Waals surface area contributed by atoms with Gasteiger partial charge in [0.25, 0.3) is 11.6 Å². The fourth-order valence-corrected chi connectivity index (χ4v) is 2.04. The number of rotatable bonds is 5. The average Bonchev–Trinajstić information content (AvgIpc) is 2.92. The molecule has 0 aliphatic carbocycles. The number of amides is 1. The summed E-state index contributed by atoms with van der Waals surface area (Å²) in [5, 5.41) is 14.3. The third-order valence-electron chi connectivity index (χ3n) is 3.07. The number of hydrazone groups is 1. The van der Waals surface area contributed by atoms with E-state index in [4.69, 9.17) is 0 Å². The SMILES string of the molecule is O=C(CN1CCCC1)N/N=C\c1ccc([N+](=O)[O-])cc1. The van der Waals surface area contributed by atoms with Gasteiger partial charge in [0.1, 0.15) is 0 Å². The number of nitrogens with zero attached hydrogens (tertiary/aromatic N) is 3. The summed E-state index contributed by atoms with van der Waals surface area (Å²) in [7, 11) is 0. The summed E-state index contributed by atoms with van der Waals surface area (Å²) in [5.41, 5.74) is 3.17. The molecule has 1 saturated heterocycles. The van der Waals surface area contributed by atoms with Gasteiger partial charge in [-0.3, -0.25) is 19.8 Å². The van der Waals surface area contributed by atoms with Crippen molar-refractivity contribution in [3.8, 4) is 0 Å². The van der Waals surface area contributed by atoms with E-state index in [0.717, 1.165) is 25.9 Å². The number of nitrogens with one attached hydrogen (secondary N) is 1. The van der Waals surface area contributed by atoms with Crippen LogP contribution in [0.4, 0.5) is 5.69 Å². The van der Waals surface area contributed by atoms with E-state index in [1.54, 1.807) is 12.1 Å². The van der Waals surface area contributed by atoms with Gasteiger partial charge in [0.2, 0.25) is 0 Å². The molecule has 0 radical (unpaired) electrons. The highest BCUT2D eigenvalue weighted by atomic mass is 16.6. The van der Waals surface area contributed by atoms with E-state index in [2.05, 4.69) is 15.4 Å². The fraction of sp³-hybridized carbons (Fsp3) is 0.385. The predicted octanol–water partition coefficient (Wildman–Crippen LogP) is 1.14. The molecule has 1 aromatic carbocycles. The minimum absolute atomic E-state index is 0.0280. The zero-order valence-corrected chi connectivity index (χ0v) is 11.0. The molecule has 1 heterocycles. The van der Waals surface area contributed by atoms with Crippen molar-refractivity contribution in [2.24, 2.45) is 5.10 Å². The molecular formula is C13H16N4O3. The topological polar surface area (TPSA) is 87.8 Å². The van der Waals surface area contributed by atoms with Crippen LogP contribution >= 0.6 is 0 Å². The van der Waals surface area contributed by atoms with Crippen LogP contribution in [-0.2, 0) is 4.79 Å². The van der Waals surface area contributed by atoms with Crippen molar-refractivity contribution in [3.05, 3.63) is 39.9 Å². The quantitative estimate of drug-likeness (QED) is 0.496. The second-order valence-electron chi connectivity index (χ2n) is 4.63.